The molecule has 0 radical (unpaired) electrons. The number of carbonyl (C=O) groups excluding carboxylic acids is 1. The van der Waals surface area contributed by atoms with Gasteiger partial charge in [-0.15, -0.1) is 0 Å². The summed E-state index contributed by atoms with van der Waals surface area (Å²) in [7, 11) is 1.65. The molecule has 6 rings (SSSR count). The third kappa shape index (κ3) is 7.07. The van der Waals surface area contributed by atoms with Gasteiger partial charge in [0, 0.05) is 56.9 Å². The minimum atomic E-state index is -0.0665. The van der Waals surface area contributed by atoms with E-state index in [0.717, 1.165) is 107 Å². The van der Waals surface area contributed by atoms with Gasteiger partial charge >= 0.3 is 0 Å². The molecule has 0 bridgehead atoms. The Morgan fingerprint density at radius 3 is 2.54 bits per heavy atom. The van der Waals surface area contributed by atoms with Crippen molar-refractivity contribution in [3.05, 3.63) is 89.5 Å². The molecule has 246 valence electrons. The summed E-state index contributed by atoms with van der Waals surface area (Å²) in [5, 5.41) is 0. The number of rotatable bonds is 11. The van der Waals surface area contributed by atoms with Gasteiger partial charge in [-0.2, -0.15) is 0 Å². The number of benzene rings is 3. The Morgan fingerprint density at radius 2 is 1.74 bits per heavy atom. The monoisotopic (exact) mass is 627 g/mol. The van der Waals surface area contributed by atoms with Gasteiger partial charge < -0.3 is 34.2 Å². The van der Waals surface area contributed by atoms with E-state index in [1.54, 1.807) is 7.11 Å². The summed E-state index contributed by atoms with van der Waals surface area (Å²) in [6.07, 6.45) is 3.08. The zero-order valence-electron chi connectivity index (χ0n) is 27.6. The molecule has 0 aliphatic carbocycles. The summed E-state index contributed by atoms with van der Waals surface area (Å²) in [6, 6.07) is 25.1. The van der Waals surface area contributed by atoms with E-state index in [2.05, 4.69) is 73.9 Å². The van der Waals surface area contributed by atoms with Crippen LogP contribution in [0.4, 0.5) is 5.95 Å². The maximum atomic E-state index is 13.8. The van der Waals surface area contributed by atoms with Gasteiger partial charge in [0.1, 0.15) is 5.75 Å². The van der Waals surface area contributed by atoms with Crippen LogP contribution in [-0.2, 0) is 16.7 Å². The third-order valence-corrected chi connectivity index (χ3v) is 9.78. The van der Waals surface area contributed by atoms with E-state index in [1.165, 1.54) is 11.1 Å². The predicted molar refractivity (Wildman–Crippen MR) is 184 cm³/mol. The van der Waals surface area contributed by atoms with Gasteiger partial charge in [0.15, 0.2) is 0 Å². The average Bonchev–Trinajstić information content (AvgIpc) is 3.59. The normalized spacial score (nSPS) is 18.8. The van der Waals surface area contributed by atoms with E-state index in [1.807, 2.05) is 32.0 Å². The van der Waals surface area contributed by atoms with E-state index in [9.17, 15) is 4.79 Å². The second-order valence-corrected chi connectivity index (χ2v) is 12.5. The number of anilines is 1. The molecule has 0 saturated carbocycles. The second-order valence-electron chi connectivity index (χ2n) is 12.5. The fourth-order valence-electron chi connectivity index (χ4n) is 7.14. The minimum Gasteiger partial charge on any atom is -0.497 e. The van der Waals surface area contributed by atoms with Crippen molar-refractivity contribution in [2.45, 2.75) is 45.1 Å². The minimum absolute atomic E-state index is 0. The first kappa shape index (κ1) is 33.4. The zero-order valence-corrected chi connectivity index (χ0v) is 27.6. The molecule has 3 heterocycles. The molecule has 0 spiro atoms. The fraction of sp³-hybridized carbons (Fsp3) is 0.459. The van der Waals surface area contributed by atoms with Crippen LogP contribution < -0.4 is 9.64 Å². The lowest BCUT2D eigenvalue weighted by molar-refractivity contribution is 0.0779. The van der Waals surface area contributed by atoms with E-state index in [-0.39, 0.29) is 16.8 Å². The van der Waals surface area contributed by atoms with Gasteiger partial charge in [0.2, 0.25) is 5.95 Å². The van der Waals surface area contributed by atoms with Crippen molar-refractivity contribution in [1.29, 1.82) is 0 Å². The van der Waals surface area contributed by atoms with Crippen LogP contribution in [0, 0.1) is 6.92 Å². The van der Waals surface area contributed by atoms with Crippen LogP contribution in [0.2, 0.25) is 0 Å². The van der Waals surface area contributed by atoms with Gasteiger partial charge in [0.25, 0.3) is 5.91 Å². The number of hydrogen-bond acceptors (Lipinski definition) is 6. The first-order valence-corrected chi connectivity index (χ1v) is 16.5. The highest BCUT2D eigenvalue weighted by Crippen LogP contribution is 2.39. The maximum Gasteiger partial charge on any atom is 0.254 e. The summed E-state index contributed by atoms with van der Waals surface area (Å²) in [6.45, 7) is 12.7. The van der Waals surface area contributed by atoms with Crippen molar-refractivity contribution < 1.29 is 19.7 Å². The number of methoxy groups -OCH3 is 1. The molecule has 2 aliphatic rings. The van der Waals surface area contributed by atoms with E-state index in [0.29, 0.717) is 6.61 Å². The molecular weight excluding hydrogens is 578 g/mol. The van der Waals surface area contributed by atoms with Crippen molar-refractivity contribution in [1.82, 2.24) is 19.4 Å². The second kappa shape index (κ2) is 15.1. The first-order valence-electron chi connectivity index (χ1n) is 16.5. The molecule has 1 unspecified atom stereocenters. The number of likely N-dealkylation sites (tertiary alicyclic amines) is 1. The molecule has 2 fully saturated rings. The molecule has 2 aliphatic heterocycles. The summed E-state index contributed by atoms with van der Waals surface area (Å²) >= 11 is 0. The Kier molecular flexibility index (Phi) is 11.0. The Labute approximate surface area is 273 Å². The molecule has 2 N–H and O–H groups in total. The maximum absolute atomic E-state index is 13.8. The quantitative estimate of drug-likeness (QED) is 0.219. The number of carbonyl (C=O) groups is 1. The molecule has 1 amide bonds. The summed E-state index contributed by atoms with van der Waals surface area (Å²) < 4.78 is 13.5. The van der Waals surface area contributed by atoms with Crippen molar-refractivity contribution in [3.8, 4) is 5.75 Å². The number of fused-ring (bicyclic) bond motifs is 1. The van der Waals surface area contributed by atoms with Crippen LogP contribution in [0.3, 0.4) is 0 Å². The Bertz CT molecular complexity index is 1590. The fourth-order valence-corrected chi connectivity index (χ4v) is 7.14. The van der Waals surface area contributed by atoms with Crippen LogP contribution in [0.5, 0.6) is 5.75 Å². The molecule has 2 saturated heterocycles. The SMILES string of the molecule is CCOCCn1c(N2CCCN(CCC3(c4ccccc4)CCN(C(=O)c4cc(OC)ccc4C)C3)CC2)nc2ccccc21.O. The highest BCUT2D eigenvalue weighted by atomic mass is 16.5. The topological polar surface area (TPSA) is 94.6 Å². The zero-order chi connectivity index (χ0) is 31.2. The number of nitrogens with zero attached hydrogens (tertiary/aromatic N) is 5. The van der Waals surface area contributed by atoms with Crippen LogP contribution in [0.25, 0.3) is 11.0 Å². The van der Waals surface area contributed by atoms with Crippen molar-refractivity contribution in [2.24, 2.45) is 0 Å². The Hall–Kier alpha value is -3.92. The first-order chi connectivity index (χ1) is 22.0. The van der Waals surface area contributed by atoms with Crippen molar-refractivity contribution in [3.63, 3.8) is 0 Å². The summed E-state index contributed by atoms with van der Waals surface area (Å²) in [5.74, 6) is 1.87. The van der Waals surface area contributed by atoms with Gasteiger partial charge in [0.05, 0.1) is 24.8 Å². The van der Waals surface area contributed by atoms with Crippen molar-refractivity contribution >= 4 is 22.9 Å². The largest absolute Gasteiger partial charge is 0.497 e. The number of aryl methyl sites for hydroxylation is 1. The highest BCUT2D eigenvalue weighted by molar-refractivity contribution is 5.96. The number of aromatic nitrogens is 2. The molecule has 1 aromatic heterocycles. The lowest BCUT2D eigenvalue weighted by atomic mass is 9.76. The van der Waals surface area contributed by atoms with E-state index >= 15 is 0 Å². The standard InChI is InChI=1S/C37H47N5O3.H2O/c1-4-45-26-25-42-34-14-9-8-13-33(34)38-36(42)40-20-10-19-39(23-24-40)21-17-37(30-11-6-5-7-12-30)18-22-41(28-37)35(43)32-27-31(44-3)16-15-29(32)2;/h5-9,11-16,27H,4,10,17-26,28H2,1-3H3;1H2. The lowest BCUT2D eigenvalue weighted by Gasteiger charge is -2.33. The number of hydrogen-bond donors (Lipinski definition) is 0. The predicted octanol–water partition coefficient (Wildman–Crippen LogP) is 4.95. The van der Waals surface area contributed by atoms with Gasteiger partial charge in [-0.05, 0) is 81.6 Å². The molecule has 4 aromatic rings. The Balaban J connectivity index is 0.00000417. The number of imidazole rings is 1. The van der Waals surface area contributed by atoms with E-state index < -0.39 is 0 Å². The molecular formula is C37H49N5O4. The van der Waals surface area contributed by atoms with Crippen molar-refractivity contribution in [2.75, 3.05) is 71.0 Å². The summed E-state index contributed by atoms with van der Waals surface area (Å²) in [4.78, 5) is 26.0. The average molecular weight is 628 g/mol. The van der Waals surface area contributed by atoms with Gasteiger partial charge in [-0.3, -0.25) is 4.79 Å². The lowest BCUT2D eigenvalue weighted by Crippen LogP contribution is -2.39. The number of ether oxygens (including phenoxy) is 2. The molecule has 9 heteroatoms. The molecule has 9 nitrogen and oxygen atoms in total. The molecule has 3 aromatic carbocycles. The van der Waals surface area contributed by atoms with Crippen LogP contribution in [0.15, 0.2) is 72.8 Å². The van der Waals surface area contributed by atoms with Crippen LogP contribution >= 0.6 is 0 Å². The number of amides is 1. The van der Waals surface area contributed by atoms with Crippen LogP contribution in [-0.4, -0.2) is 96.9 Å². The molecule has 46 heavy (non-hydrogen) atoms. The number of para-hydroxylation sites is 2. The summed E-state index contributed by atoms with van der Waals surface area (Å²) in [5.41, 5.74) is 5.20. The smallest absolute Gasteiger partial charge is 0.254 e. The van der Waals surface area contributed by atoms with Gasteiger partial charge in [-0.1, -0.05) is 48.5 Å². The van der Waals surface area contributed by atoms with E-state index in [4.69, 9.17) is 14.5 Å². The Morgan fingerprint density at radius 1 is 0.935 bits per heavy atom. The van der Waals surface area contributed by atoms with Crippen LogP contribution in [0.1, 0.15) is 47.7 Å². The van der Waals surface area contributed by atoms with Gasteiger partial charge in [-0.25, -0.2) is 4.98 Å². The molecule has 1 atom stereocenters. The third-order valence-electron chi connectivity index (χ3n) is 9.78. The highest BCUT2D eigenvalue weighted by Gasteiger charge is 2.42.